The quantitative estimate of drug-likeness (QED) is 0.244. The predicted molar refractivity (Wildman–Crippen MR) is 59.6 cm³/mol. The van der Waals surface area contributed by atoms with Crippen LogP contribution in [0.1, 0.15) is 6.42 Å². The van der Waals surface area contributed by atoms with Gasteiger partial charge in [-0.3, -0.25) is 0 Å². The van der Waals surface area contributed by atoms with Gasteiger partial charge < -0.3 is 0 Å². The highest BCUT2D eigenvalue weighted by molar-refractivity contribution is 6.65. The van der Waals surface area contributed by atoms with Crippen LogP contribution in [-0.4, -0.2) is 61.7 Å². The summed E-state index contributed by atoms with van der Waals surface area (Å²) in [5, 5.41) is 0. The maximum absolute atomic E-state index is 13.3. The van der Waals surface area contributed by atoms with E-state index in [9.17, 15) is 92.2 Å². The molecule has 0 aliphatic carbocycles. The third kappa shape index (κ3) is 4.82. The Hall–Kier alpha value is -1.25. The summed E-state index contributed by atoms with van der Waals surface area (Å²) >= 11 is 0. The van der Waals surface area contributed by atoms with Gasteiger partial charge in [-0.05, 0) is 0 Å². The van der Waals surface area contributed by atoms with E-state index in [4.69, 9.17) is 0 Å². The van der Waals surface area contributed by atoms with E-state index < -0.39 is 68.2 Å². The summed E-state index contributed by atoms with van der Waals surface area (Å²) in [5.41, 5.74) is -7.10. The summed E-state index contributed by atoms with van der Waals surface area (Å²) < 4.78 is 265. The van der Waals surface area contributed by atoms with Gasteiger partial charge in [-0.15, -0.1) is 0 Å². The molecule has 0 nitrogen and oxygen atoms in total. The molecular weight excluding hydrogens is 547 g/mol. The van der Waals surface area contributed by atoms with Crippen molar-refractivity contribution in [2.75, 3.05) is 0 Å². The minimum Gasteiger partial charge on any atom is -0.211 e. The predicted octanol–water partition coefficient (Wildman–Crippen LogP) is 6.72. The van der Waals surface area contributed by atoms with Gasteiger partial charge >= 0.3 is 56.2 Å². The van der Waals surface area contributed by atoms with Gasteiger partial charge in [0, 0.05) is 0 Å². The lowest BCUT2D eigenvalue weighted by Gasteiger charge is -2.41. The third-order valence-electron chi connectivity index (χ3n) is 3.53. The monoisotopic (exact) mass is 550 g/mol. The van der Waals surface area contributed by atoms with Crippen molar-refractivity contribution in [2.45, 2.75) is 59.4 Å². The first kappa shape index (κ1) is 30.7. The standard InChI is InChI=1S/C10H3F21Si/c11-2(12,1-3(13,14)32(9(26,27)28)10(29,30)31)4(15,16)5(17,18)6(19,20)7(21,22)8(23,24)25/h32H,1H2. The summed E-state index contributed by atoms with van der Waals surface area (Å²) in [4.78, 5) is 0. The van der Waals surface area contributed by atoms with E-state index in [1.807, 2.05) is 0 Å². The largest absolute Gasteiger partial charge is 0.460 e. The lowest BCUT2D eigenvalue weighted by Crippen LogP contribution is -2.71. The van der Waals surface area contributed by atoms with Gasteiger partial charge in [-0.2, -0.15) is 83.4 Å². The number of alkyl halides is 21. The normalized spacial score (nSPS) is 16.7. The van der Waals surface area contributed by atoms with Crippen molar-refractivity contribution < 1.29 is 92.2 Å². The van der Waals surface area contributed by atoms with Crippen LogP contribution >= 0.6 is 0 Å². The number of hydrogen-bond acceptors (Lipinski definition) is 0. The van der Waals surface area contributed by atoms with Crippen LogP contribution in [0.5, 0.6) is 0 Å². The van der Waals surface area contributed by atoms with E-state index in [1.54, 1.807) is 0 Å². The van der Waals surface area contributed by atoms with Crippen molar-refractivity contribution in [3.05, 3.63) is 0 Å². The lowest BCUT2D eigenvalue weighted by atomic mass is 9.92. The highest BCUT2D eigenvalue weighted by Gasteiger charge is 2.91. The van der Waals surface area contributed by atoms with E-state index in [-0.39, 0.29) is 0 Å². The maximum atomic E-state index is 13.3. The Morgan fingerprint density at radius 2 is 0.656 bits per heavy atom. The Bertz CT molecular complexity index is 648. The van der Waals surface area contributed by atoms with Crippen LogP contribution in [0.4, 0.5) is 92.2 Å². The van der Waals surface area contributed by atoms with Gasteiger partial charge in [0.15, 0.2) is 0 Å². The van der Waals surface area contributed by atoms with Crippen LogP contribution in [-0.2, 0) is 0 Å². The van der Waals surface area contributed by atoms with Crippen LogP contribution in [0, 0.1) is 0 Å². The van der Waals surface area contributed by atoms with Crippen molar-refractivity contribution in [1.29, 1.82) is 0 Å². The van der Waals surface area contributed by atoms with Gasteiger partial charge in [-0.1, -0.05) is 0 Å². The van der Waals surface area contributed by atoms with Crippen molar-refractivity contribution in [3.8, 4) is 0 Å². The molecule has 194 valence electrons. The van der Waals surface area contributed by atoms with Crippen LogP contribution < -0.4 is 0 Å². The Balaban J connectivity index is 6.58. The van der Waals surface area contributed by atoms with Crippen LogP contribution in [0.3, 0.4) is 0 Å². The molecule has 0 aromatic heterocycles. The zero-order valence-corrected chi connectivity index (χ0v) is 14.9. The molecule has 0 fully saturated rings. The fourth-order valence-electron chi connectivity index (χ4n) is 1.98. The molecule has 0 bridgehead atoms. The van der Waals surface area contributed by atoms with Gasteiger partial charge in [0.1, 0.15) is 0 Å². The molecule has 0 heterocycles. The summed E-state index contributed by atoms with van der Waals surface area (Å²) in [6.45, 7) is 0. The van der Waals surface area contributed by atoms with Crippen molar-refractivity contribution in [1.82, 2.24) is 0 Å². The third-order valence-corrected chi connectivity index (χ3v) is 5.89. The maximum Gasteiger partial charge on any atom is 0.460 e. The van der Waals surface area contributed by atoms with E-state index in [2.05, 4.69) is 0 Å². The van der Waals surface area contributed by atoms with E-state index >= 15 is 0 Å². The molecule has 0 radical (unpaired) electrons. The fraction of sp³-hybridized carbons (Fsp3) is 1.00. The first-order chi connectivity index (χ1) is 13.3. The number of hydrogen-bond donors (Lipinski definition) is 0. The molecule has 0 aliphatic heterocycles. The lowest BCUT2D eigenvalue weighted by molar-refractivity contribution is -0.441. The Kier molecular flexibility index (Phi) is 7.33. The second-order valence-corrected chi connectivity index (χ2v) is 8.97. The van der Waals surface area contributed by atoms with Gasteiger partial charge in [0.25, 0.3) is 5.55 Å². The van der Waals surface area contributed by atoms with Gasteiger partial charge in [0.2, 0.25) is 0 Å². The molecule has 22 heteroatoms. The molecule has 0 aliphatic rings. The van der Waals surface area contributed by atoms with Crippen LogP contribution in [0.15, 0.2) is 0 Å². The number of rotatable bonds is 7. The Morgan fingerprint density at radius 1 is 0.375 bits per heavy atom. The molecule has 0 spiro atoms. The molecule has 0 aromatic carbocycles. The Morgan fingerprint density at radius 3 is 0.906 bits per heavy atom. The second-order valence-electron chi connectivity index (χ2n) is 5.95. The summed E-state index contributed by atoms with van der Waals surface area (Å²) in [6, 6.07) is 0. The molecule has 0 atom stereocenters. The number of halogens is 21. The minimum absolute atomic E-state index is 4.91. The molecule has 32 heavy (non-hydrogen) atoms. The fourth-order valence-corrected chi connectivity index (χ4v) is 3.77. The first-order valence-electron chi connectivity index (χ1n) is 6.79. The van der Waals surface area contributed by atoms with E-state index in [1.165, 1.54) is 0 Å². The Labute approximate surface area is 161 Å². The minimum atomic E-state index is -8.63. The smallest absolute Gasteiger partial charge is 0.211 e. The molecule has 0 amide bonds. The summed E-state index contributed by atoms with van der Waals surface area (Å²) in [7, 11) is -8.06. The highest BCUT2D eigenvalue weighted by Crippen LogP contribution is 2.61. The van der Waals surface area contributed by atoms with Gasteiger partial charge in [0.05, 0.1) is 6.42 Å². The highest BCUT2D eigenvalue weighted by atomic mass is 28.3. The average Bonchev–Trinajstić information content (AvgIpc) is 2.39. The molecule has 0 rings (SSSR count). The molecule has 0 N–H and O–H groups in total. The zero-order valence-electron chi connectivity index (χ0n) is 13.7. The zero-order chi connectivity index (χ0) is 26.8. The summed E-state index contributed by atoms with van der Waals surface area (Å²) in [5.74, 6) is -56.0. The first-order valence-corrected chi connectivity index (χ1v) is 8.52. The van der Waals surface area contributed by atoms with E-state index in [0.717, 1.165) is 0 Å². The van der Waals surface area contributed by atoms with Crippen molar-refractivity contribution >= 4 is 8.80 Å². The van der Waals surface area contributed by atoms with Crippen molar-refractivity contribution in [2.24, 2.45) is 0 Å². The molecule has 0 saturated heterocycles. The molecular formula is C10H3F21Si. The van der Waals surface area contributed by atoms with Gasteiger partial charge in [-0.25, -0.2) is 8.78 Å². The second kappa shape index (κ2) is 7.63. The molecule has 0 aromatic rings. The average molecular weight is 550 g/mol. The van der Waals surface area contributed by atoms with Crippen LogP contribution in [0.2, 0.25) is 0 Å². The molecule has 0 unspecified atom stereocenters. The summed E-state index contributed by atoms with van der Waals surface area (Å²) in [6.07, 6.45) is -12.8. The van der Waals surface area contributed by atoms with Crippen LogP contribution in [0.25, 0.3) is 0 Å². The molecule has 0 saturated carbocycles. The topological polar surface area (TPSA) is 0 Å². The van der Waals surface area contributed by atoms with E-state index in [0.29, 0.717) is 0 Å². The SMILES string of the molecule is FC(F)(F)[SiH](C(F)(F)F)C(F)(F)CC(F)(F)C(F)(F)C(F)(F)C(F)(F)C(F)(F)C(F)(F)F. The van der Waals surface area contributed by atoms with Crippen molar-refractivity contribution in [3.63, 3.8) is 0 Å².